The van der Waals surface area contributed by atoms with Gasteiger partial charge in [-0.15, -0.1) is 0 Å². The van der Waals surface area contributed by atoms with Crippen LogP contribution >= 0.6 is 0 Å². The normalized spacial score (nSPS) is 14.1. The maximum absolute atomic E-state index is 8.55. The molecule has 0 rings (SSSR count). The van der Waals surface area contributed by atoms with Gasteiger partial charge in [-0.3, -0.25) is 0 Å². The minimum atomic E-state index is -0.125. The maximum atomic E-state index is 8.55. The molecule has 2 atom stereocenters. The number of methoxy groups -OCH3 is 1. The van der Waals surface area contributed by atoms with Crippen molar-refractivity contribution in [1.82, 2.24) is 0 Å². The van der Waals surface area contributed by atoms with Crippen molar-refractivity contribution < 1.29 is 24.8 Å². The van der Waals surface area contributed by atoms with Crippen LogP contribution in [-0.2, 0) is 9.47 Å². The van der Waals surface area contributed by atoms with Gasteiger partial charge in [-0.05, 0) is 13.8 Å². The smallest absolute Gasteiger partial charge is 0.0779 e. The third-order valence-corrected chi connectivity index (χ3v) is 1.37. The molecule has 0 aliphatic carbocycles. The Morgan fingerprint density at radius 2 is 1.50 bits per heavy atom. The van der Waals surface area contributed by atoms with Gasteiger partial charge < -0.3 is 24.8 Å². The summed E-state index contributed by atoms with van der Waals surface area (Å²) in [5.74, 6) is 0. The standard InChI is InChI=1S/C7H16O3.C2H6O2/c1-6(4-8)10-5-7(2)9-3;3-1-2-4/h6-8H,4-5H2,1-3H3;3-4H,1-2H2. The minimum Gasteiger partial charge on any atom is -0.394 e. The van der Waals surface area contributed by atoms with Crippen LogP contribution in [0.5, 0.6) is 0 Å². The van der Waals surface area contributed by atoms with E-state index in [9.17, 15) is 0 Å². The first-order valence-corrected chi connectivity index (χ1v) is 4.59. The Labute approximate surface area is 85.3 Å². The molecule has 0 spiro atoms. The summed E-state index contributed by atoms with van der Waals surface area (Å²) in [5.41, 5.74) is 0. The van der Waals surface area contributed by atoms with Gasteiger partial charge in [0.15, 0.2) is 0 Å². The molecule has 0 aromatic carbocycles. The monoisotopic (exact) mass is 210 g/mol. The van der Waals surface area contributed by atoms with Gasteiger partial charge in [0, 0.05) is 7.11 Å². The van der Waals surface area contributed by atoms with Crippen molar-refractivity contribution in [3.8, 4) is 0 Å². The lowest BCUT2D eigenvalue weighted by molar-refractivity contribution is -0.0313. The number of rotatable bonds is 6. The largest absolute Gasteiger partial charge is 0.394 e. The predicted octanol–water partition coefficient (Wildman–Crippen LogP) is -0.610. The molecule has 5 heteroatoms. The van der Waals surface area contributed by atoms with E-state index in [4.69, 9.17) is 24.8 Å². The van der Waals surface area contributed by atoms with Gasteiger partial charge in [-0.1, -0.05) is 0 Å². The average Bonchev–Trinajstić information content (AvgIpc) is 2.25. The lowest BCUT2D eigenvalue weighted by Gasteiger charge is -2.13. The third-order valence-electron chi connectivity index (χ3n) is 1.37. The van der Waals surface area contributed by atoms with E-state index in [0.29, 0.717) is 6.61 Å². The Kier molecular flexibility index (Phi) is 14.8. The molecule has 0 bridgehead atoms. The molecule has 0 heterocycles. The van der Waals surface area contributed by atoms with E-state index in [1.54, 1.807) is 7.11 Å². The summed E-state index contributed by atoms with van der Waals surface area (Å²) in [6.07, 6.45) is 0.0200. The molecule has 0 aromatic rings. The van der Waals surface area contributed by atoms with Crippen LogP contribution in [0.15, 0.2) is 0 Å². The molecule has 0 fully saturated rings. The van der Waals surface area contributed by atoms with Crippen molar-refractivity contribution in [2.75, 3.05) is 33.5 Å². The average molecular weight is 210 g/mol. The Morgan fingerprint density at radius 1 is 1.00 bits per heavy atom. The Morgan fingerprint density at radius 3 is 1.79 bits per heavy atom. The summed E-state index contributed by atoms with van der Waals surface area (Å²) in [4.78, 5) is 0. The summed E-state index contributed by atoms with van der Waals surface area (Å²) in [7, 11) is 1.64. The second kappa shape index (κ2) is 12.8. The van der Waals surface area contributed by atoms with Gasteiger partial charge in [0.1, 0.15) is 0 Å². The summed E-state index contributed by atoms with van der Waals surface area (Å²) >= 11 is 0. The van der Waals surface area contributed by atoms with Crippen molar-refractivity contribution in [2.24, 2.45) is 0 Å². The first kappa shape index (κ1) is 16.2. The van der Waals surface area contributed by atoms with Crippen LogP contribution in [0.25, 0.3) is 0 Å². The van der Waals surface area contributed by atoms with Crippen LogP contribution in [0.4, 0.5) is 0 Å². The molecule has 5 nitrogen and oxygen atoms in total. The van der Waals surface area contributed by atoms with Gasteiger partial charge in [0.05, 0.1) is 38.6 Å². The summed E-state index contributed by atoms with van der Waals surface area (Å²) in [6, 6.07) is 0. The fourth-order valence-corrected chi connectivity index (χ4v) is 0.421. The summed E-state index contributed by atoms with van der Waals surface area (Å²) in [6.45, 7) is 4.10. The number of ether oxygens (including phenoxy) is 2. The fourth-order valence-electron chi connectivity index (χ4n) is 0.421. The van der Waals surface area contributed by atoms with Crippen LogP contribution in [0.2, 0.25) is 0 Å². The first-order valence-electron chi connectivity index (χ1n) is 4.59. The minimum absolute atomic E-state index is 0.0659. The second-order valence-corrected chi connectivity index (χ2v) is 2.82. The van der Waals surface area contributed by atoms with Crippen LogP contribution in [0.3, 0.4) is 0 Å². The van der Waals surface area contributed by atoms with Crippen molar-refractivity contribution in [2.45, 2.75) is 26.1 Å². The highest BCUT2D eigenvalue weighted by Gasteiger charge is 2.03. The summed E-state index contributed by atoms with van der Waals surface area (Å²) in [5, 5.41) is 23.8. The molecular weight excluding hydrogens is 188 g/mol. The highest BCUT2D eigenvalue weighted by atomic mass is 16.5. The molecule has 88 valence electrons. The molecule has 0 aliphatic rings. The Bertz CT molecular complexity index is 87.2. The van der Waals surface area contributed by atoms with Crippen LogP contribution in [0.1, 0.15) is 13.8 Å². The zero-order valence-corrected chi connectivity index (χ0v) is 9.14. The summed E-state index contributed by atoms with van der Waals surface area (Å²) < 4.78 is 10.1. The van der Waals surface area contributed by atoms with Gasteiger partial charge in [0.2, 0.25) is 0 Å². The number of aliphatic hydroxyl groups excluding tert-OH is 3. The zero-order valence-electron chi connectivity index (χ0n) is 9.14. The van der Waals surface area contributed by atoms with E-state index in [1.165, 1.54) is 0 Å². The highest BCUT2D eigenvalue weighted by molar-refractivity contribution is 4.49. The van der Waals surface area contributed by atoms with Gasteiger partial charge in [-0.2, -0.15) is 0 Å². The molecule has 0 radical (unpaired) electrons. The third kappa shape index (κ3) is 14.3. The molecule has 0 saturated carbocycles. The lowest BCUT2D eigenvalue weighted by Crippen LogP contribution is -2.21. The van der Waals surface area contributed by atoms with Gasteiger partial charge >= 0.3 is 0 Å². The van der Waals surface area contributed by atoms with Gasteiger partial charge in [0.25, 0.3) is 0 Å². The molecule has 14 heavy (non-hydrogen) atoms. The highest BCUT2D eigenvalue weighted by Crippen LogP contribution is 1.93. The molecule has 2 unspecified atom stereocenters. The van der Waals surface area contributed by atoms with E-state index in [-0.39, 0.29) is 32.0 Å². The van der Waals surface area contributed by atoms with Crippen molar-refractivity contribution >= 4 is 0 Å². The lowest BCUT2D eigenvalue weighted by atomic mass is 10.4. The molecule has 0 saturated heterocycles. The molecule has 0 aromatic heterocycles. The molecule has 0 amide bonds. The topological polar surface area (TPSA) is 79.2 Å². The van der Waals surface area contributed by atoms with E-state index in [2.05, 4.69) is 0 Å². The van der Waals surface area contributed by atoms with E-state index in [1.807, 2.05) is 13.8 Å². The van der Waals surface area contributed by atoms with Gasteiger partial charge in [-0.25, -0.2) is 0 Å². The fraction of sp³-hybridized carbons (Fsp3) is 1.00. The quantitative estimate of drug-likeness (QED) is 0.545. The van der Waals surface area contributed by atoms with Crippen LogP contribution < -0.4 is 0 Å². The molecule has 3 N–H and O–H groups in total. The molecule has 0 aliphatic heterocycles. The van der Waals surface area contributed by atoms with E-state index < -0.39 is 0 Å². The van der Waals surface area contributed by atoms with E-state index in [0.717, 1.165) is 0 Å². The number of hydrogen-bond donors (Lipinski definition) is 3. The van der Waals surface area contributed by atoms with E-state index >= 15 is 0 Å². The SMILES string of the molecule is COC(C)COC(C)CO.OCCO. The maximum Gasteiger partial charge on any atom is 0.0779 e. The first-order chi connectivity index (χ1) is 6.62. The Hall–Kier alpha value is -0.200. The zero-order chi connectivity index (χ0) is 11.4. The van der Waals surface area contributed by atoms with Crippen molar-refractivity contribution in [3.63, 3.8) is 0 Å². The van der Waals surface area contributed by atoms with Crippen molar-refractivity contribution in [1.29, 1.82) is 0 Å². The number of hydrogen-bond acceptors (Lipinski definition) is 5. The second-order valence-electron chi connectivity index (χ2n) is 2.82. The Balaban J connectivity index is 0. The van der Waals surface area contributed by atoms with Crippen LogP contribution in [-0.4, -0.2) is 61.1 Å². The predicted molar refractivity (Wildman–Crippen MR) is 53.1 cm³/mol. The number of aliphatic hydroxyl groups is 3. The van der Waals surface area contributed by atoms with Crippen molar-refractivity contribution in [3.05, 3.63) is 0 Å². The molecular formula is C9H22O5. The van der Waals surface area contributed by atoms with Crippen LogP contribution in [0, 0.1) is 0 Å².